The second-order valence-electron chi connectivity index (χ2n) is 15.4. The molecule has 0 spiro atoms. The first kappa shape index (κ1) is 49.6. The molecular weight excluding hydrogens is 634 g/mol. The Kier molecular flexibility index (Phi) is 40.2. The predicted molar refractivity (Wildman–Crippen MR) is 218 cm³/mol. The van der Waals surface area contributed by atoms with Crippen LogP contribution >= 0.6 is 0 Å². The van der Waals surface area contributed by atoms with Crippen molar-refractivity contribution >= 4 is 11.9 Å². The highest BCUT2D eigenvalue weighted by atomic mass is 16.5. The summed E-state index contributed by atoms with van der Waals surface area (Å²) < 4.78 is 5.43. The first-order valence-electron chi connectivity index (χ1n) is 22.5. The molecule has 0 aliphatic carbocycles. The molecule has 302 valence electrons. The van der Waals surface area contributed by atoms with E-state index in [2.05, 4.69) is 19.2 Å². The van der Waals surface area contributed by atoms with E-state index in [1.165, 1.54) is 154 Å². The summed E-state index contributed by atoms with van der Waals surface area (Å²) in [5.74, 6) is -0.122. The van der Waals surface area contributed by atoms with E-state index in [4.69, 9.17) is 4.74 Å². The van der Waals surface area contributed by atoms with Crippen LogP contribution in [0.5, 0.6) is 0 Å². The van der Waals surface area contributed by atoms with Gasteiger partial charge in [-0.25, -0.2) is 0 Å². The van der Waals surface area contributed by atoms with Gasteiger partial charge < -0.3 is 20.3 Å². The van der Waals surface area contributed by atoms with E-state index in [1.54, 1.807) is 6.08 Å². The van der Waals surface area contributed by atoms with Crippen LogP contribution in [0.1, 0.15) is 239 Å². The van der Waals surface area contributed by atoms with Crippen LogP contribution in [0.4, 0.5) is 0 Å². The second kappa shape index (κ2) is 41.4. The van der Waals surface area contributed by atoms with Crippen LogP contribution in [0.3, 0.4) is 0 Å². The van der Waals surface area contributed by atoms with E-state index in [-0.39, 0.29) is 18.5 Å². The summed E-state index contributed by atoms with van der Waals surface area (Å²) in [6.07, 6.45) is 44.8. The number of amides is 1. The zero-order chi connectivity index (χ0) is 37.3. The van der Waals surface area contributed by atoms with E-state index in [0.29, 0.717) is 19.4 Å². The second-order valence-corrected chi connectivity index (χ2v) is 15.4. The maximum Gasteiger partial charge on any atom is 0.305 e. The lowest BCUT2D eigenvalue weighted by Crippen LogP contribution is -2.45. The third kappa shape index (κ3) is 38.1. The molecule has 0 aromatic rings. The van der Waals surface area contributed by atoms with Gasteiger partial charge in [0.25, 0.3) is 0 Å². The molecule has 0 saturated heterocycles. The van der Waals surface area contributed by atoms with Crippen molar-refractivity contribution in [2.45, 2.75) is 251 Å². The van der Waals surface area contributed by atoms with Crippen molar-refractivity contribution in [2.75, 3.05) is 13.2 Å². The summed E-state index contributed by atoms with van der Waals surface area (Å²) >= 11 is 0. The molecule has 51 heavy (non-hydrogen) atoms. The topological polar surface area (TPSA) is 95.9 Å². The number of carbonyl (C=O) groups is 2. The average Bonchev–Trinajstić information content (AvgIpc) is 3.13. The zero-order valence-electron chi connectivity index (χ0n) is 34.1. The molecule has 0 aliphatic rings. The Bertz CT molecular complexity index is 757. The first-order chi connectivity index (χ1) is 25.0. The quantitative estimate of drug-likeness (QED) is 0.0332. The highest BCUT2D eigenvalue weighted by Crippen LogP contribution is 2.15. The monoisotopic (exact) mass is 722 g/mol. The maximum atomic E-state index is 12.4. The number of hydrogen-bond donors (Lipinski definition) is 3. The number of hydrogen-bond acceptors (Lipinski definition) is 5. The summed E-state index contributed by atoms with van der Waals surface area (Å²) in [6, 6.07) is -0.644. The van der Waals surface area contributed by atoms with Crippen molar-refractivity contribution in [3.63, 3.8) is 0 Å². The Labute approximate surface area is 317 Å². The molecule has 3 N–H and O–H groups in total. The highest BCUT2D eigenvalue weighted by Gasteiger charge is 2.18. The average molecular weight is 722 g/mol. The van der Waals surface area contributed by atoms with Gasteiger partial charge in [0.1, 0.15) is 0 Å². The molecule has 0 aromatic heterocycles. The Hall–Kier alpha value is -1.40. The van der Waals surface area contributed by atoms with Gasteiger partial charge in [-0.15, -0.1) is 0 Å². The summed E-state index contributed by atoms with van der Waals surface area (Å²) in [5, 5.41) is 22.9. The normalized spacial score (nSPS) is 12.8. The van der Waals surface area contributed by atoms with Gasteiger partial charge in [0, 0.05) is 12.8 Å². The molecular formula is C45H87NO5. The van der Waals surface area contributed by atoms with Crippen LogP contribution in [0, 0.1) is 0 Å². The largest absolute Gasteiger partial charge is 0.466 e. The van der Waals surface area contributed by atoms with Crippen LogP contribution < -0.4 is 5.32 Å². The molecule has 0 aliphatic heterocycles. The summed E-state index contributed by atoms with van der Waals surface area (Å²) in [6.45, 7) is 4.82. The summed E-state index contributed by atoms with van der Waals surface area (Å²) in [7, 11) is 0. The van der Waals surface area contributed by atoms with E-state index in [9.17, 15) is 19.8 Å². The van der Waals surface area contributed by atoms with Gasteiger partial charge in [0.05, 0.1) is 25.4 Å². The van der Waals surface area contributed by atoms with Gasteiger partial charge in [-0.3, -0.25) is 9.59 Å². The SMILES string of the molecule is CCCCCCCCCCCC/C=C/C(O)C(CO)NC(=O)CCCCCCCCCCCOC(=O)CCCCCCCCCCCCCCC. The van der Waals surface area contributed by atoms with Crippen LogP contribution in [-0.4, -0.2) is 47.4 Å². The molecule has 0 aromatic carbocycles. The lowest BCUT2D eigenvalue weighted by molar-refractivity contribution is -0.143. The van der Waals surface area contributed by atoms with Gasteiger partial charge in [-0.05, 0) is 32.1 Å². The van der Waals surface area contributed by atoms with E-state index >= 15 is 0 Å². The Morgan fingerprint density at radius 3 is 1.33 bits per heavy atom. The lowest BCUT2D eigenvalue weighted by Gasteiger charge is -2.20. The highest BCUT2D eigenvalue weighted by molar-refractivity contribution is 5.76. The third-order valence-corrected chi connectivity index (χ3v) is 10.3. The number of nitrogens with one attached hydrogen (secondary N) is 1. The standard InChI is InChI=1S/C45H87NO5/c1-3-5-7-9-11-13-15-17-19-23-27-31-35-39-45(50)51-40-36-32-28-24-20-22-26-30-34-38-44(49)46-42(41-47)43(48)37-33-29-25-21-18-16-14-12-10-8-6-4-2/h33,37,42-43,47-48H,3-32,34-36,38-41H2,1-2H3,(H,46,49)/b37-33+. The van der Waals surface area contributed by atoms with Crippen molar-refractivity contribution in [2.24, 2.45) is 0 Å². The minimum Gasteiger partial charge on any atom is -0.466 e. The van der Waals surface area contributed by atoms with E-state index in [1.807, 2.05) is 6.08 Å². The maximum absolute atomic E-state index is 12.4. The number of aliphatic hydroxyl groups excluding tert-OH is 2. The van der Waals surface area contributed by atoms with Crippen molar-refractivity contribution in [3.05, 3.63) is 12.2 Å². The molecule has 0 saturated carbocycles. The summed E-state index contributed by atoms with van der Waals surface area (Å²) in [5.41, 5.74) is 0. The van der Waals surface area contributed by atoms with Gasteiger partial charge in [-0.2, -0.15) is 0 Å². The number of ether oxygens (including phenoxy) is 1. The predicted octanol–water partition coefficient (Wildman–Crippen LogP) is 12.6. The van der Waals surface area contributed by atoms with Crippen molar-refractivity contribution in [1.29, 1.82) is 0 Å². The minimum absolute atomic E-state index is 0.0264. The van der Waals surface area contributed by atoms with Crippen LogP contribution in [-0.2, 0) is 14.3 Å². The van der Waals surface area contributed by atoms with Crippen LogP contribution in [0.15, 0.2) is 12.2 Å². The lowest BCUT2D eigenvalue weighted by atomic mass is 10.0. The fourth-order valence-corrected chi connectivity index (χ4v) is 6.81. The number of allylic oxidation sites excluding steroid dienone is 1. The first-order valence-corrected chi connectivity index (χ1v) is 22.5. The number of rotatable bonds is 41. The van der Waals surface area contributed by atoms with Crippen LogP contribution in [0.2, 0.25) is 0 Å². The van der Waals surface area contributed by atoms with Crippen LogP contribution in [0.25, 0.3) is 0 Å². The molecule has 0 heterocycles. The third-order valence-electron chi connectivity index (χ3n) is 10.3. The number of esters is 1. The zero-order valence-corrected chi connectivity index (χ0v) is 34.1. The fourth-order valence-electron chi connectivity index (χ4n) is 6.81. The van der Waals surface area contributed by atoms with Crippen molar-refractivity contribution in [3.8, 4) is 0 Å². The molecule has 0 rings (SSSR count). The smallest absolute Gasteiger partial charge is 0.305 e. The molecule has 1 amide bonds. The molecule has 0 radical (unpaired) electrons. The van der Waals surface area contributed by atoms with Crippen molar-refractivity contribution < 1.29 is 24.5 Å². The number of unbranched alkanes of at least 4 members (excludes halogenated alkanes) is 30. The molecule has 6 nitrogen and oxygen atoms in total. The van der Waals surface area contributed by atoms with E-state index < -0.39 is 12.1 Å². The molecule has 2 atom stereocenters. The Balaban J connectivity index is 3.52. The number of carbonyl (C=O) groups excluding carboxylic acids is 2. The Morgan fingerprint density at radius 2 is 0.902 bits per heavy atom. The van der Waals surface area contributed by atoms with E-state index in [0.717, 1.165) is 57.8 Å². The minimum atomic E-state index is -0.858. The molecule has 0 bridgehead atoms. The van der Waals surface area contributed by atoms with Gasteiger partial charge in [-0.1, -0.05) is 206 Å². The fraction of sp³-hybridized carbons (Fsp3) is 0.911. The molecule has 2 unspecified atom stereocenters. The molecule has 0 fully saturated rings. The van der Waals surface area contributed by atoms with Gasteiger partial charge >= 0.3 is 5.97 Å². The van der Waals surface area contributed by atoms with Crippen molar-refractivity contribution in [1.82, 2.24) is 5.32 Å². The Morgan fingerprint density at radius 1 is 0.529 bits per heavy atom. The van der Waals surface area contributed by atoms with Gasteiger partial charge in [0.15, 0.2) is 0 Å². The summed E-state index contributed by atoms with van der Waals surface area (Å²) in [4.78, 5) is 24.3. The molecule has 6 heteroatoms. The number of aliphatic hydroxyl groups is 2. The van der Waals surface area contributed by atoms with Gasteiger partial charge in [0.2, 0.25) is 5.91 Å².